The second kappa shape index (κ2) is 4.80. The topological polar surface area (TPSA) is 41.1 Å². The largest absolute Gasteiger partial charge is 0.385 e. The van der Waals surface area contributed by atoms with E-state index < -0.39 is 0 Å². The van der Waals surface area contributed by atoms with Gasteiger partial charge in [-0.1, -0.05) is 39.3 Å². The molecule has 0 heterocycles. The van der Waals surface area contributed by atoms with E-state index in [-0.39, 0.29) is 22.8 Å². The smallest absolute Gasteiger partial charge is 0.253 e. The molecule has 1 aliphatic rings. The van der Waals surface area contributed by atoms with E-state index >= 15 is 0 Å². The summed E-state index contributed by atoms with van der Waals surface area (Å²) in [7, 11) is 0. The molecule has 2 N–H and O–H groups in total. The highest BCUT2D eigenvalue weighted by Gasteiger charge is 2.65. The first kappa shape index (κ1) is 14.9. The summed E-state index contributed by atoms with van der Waals surface area (Å²) in [5, 5.41) is 6.46. The summed E-state index contributed by atoms with van der Waals surface area (Å²) in [6.45, 7) is 13.7. The van der Waals surface area contributed by atoms with Crippen molar-refractivity contribution in [1.82, 2.24) is 5.32 Å². The van der Waals surface area contributed by atoms with Crippen molar-refractivity contribution in [2.45, 2.75) is 47.6 Å². The standard InChI is InChI=1S/C17H26N2O/c1-7-18-13-9-8-11(2)10-12(13)14(20)19-15-16(3,4)17(15,5)6/h8-10,15,18H,7H2,1-6H3,(H,19,20). The van der Waals surface area contributed by atoms with Gasteiger partial charge in [0.15, 0.2) is 0 Å². The fourth-order valence-electron chi connectivity index (χ4n) is 2.96. The highest BCUT2D eigenvalue weighted by atomic mass is 16.1. The lowest BCUT2D eigenvalue weighted by atomic mass is 10.0. The average molecular weight is 274 g/mol. The lowest BCUT2D eigenvalue weighted by Crippen LogP contribution is -2.30. The summed E-state index contributed by atoms with van der Waals surface area (Å²) in [4.78, 5) is 12.6. The molecule has 0 unspecified atom stereocenters. The van der Waals surface area contributed by atoms with Gasteiger partial charge in [0.25, 0.3) is 5.91 Å². The fourth-order valence-corrected chi connectivity index (χ4v) is 2.96. The quantitative estimate of drug-likeness (QED) is 0.881. The summed E-state index contributed by atoms with van der Waals surface area (Å²) in [5.41, 5.74) is 3.07. The molecule has 3 nitrogen and oxygen atoms in total. The monoisotopic (exact) mass is 274 g/mol. The van der Waals surface area contributed by atoms with Gasteiger partial charge in [0, 0.05) is 18.3 Å². The van der Waals surface area contributed by atoms with E-state index in [1.54, 1.807) is 0 Å². The van der Waals surface area contributed by atoms with Gasteiger partial charge in [0.05, 0.1) is 5.56 Å². The third-order valence-corrected chi connectivity index (χ3v) is 5.08. The molecule has 0 spiro atoms. The summed E-state index contributed by atoms with van der Waals surface area (Å²) < 4.78 is 0. The minimum absolute atomic E-state index is 0.0216. The molecule has 1 fully saturated rings. The molecule has 20 heavy (non-hydrogen) atoms. The number of nitrogens with one attached hydrogen (secondary N) is 2. The van der Waals surface area contributed by atoms with Gasteiger partial charge in [-0.05, 0) is 36.8 Å². The van der Waals surface area contributed by atoms with Crippen LogP contribution in [0, 0.1) is 17.8 Å². The number of hydrogen-bond donors (Lipinski definition) is 2. The lowest BCUT2D eigenvalue weighted by molar-refractivity contribution is 0.0944. The predicted octanol–water partition coefficient (Wildman–Crippen LogP) is 3.59. The van der Waals surface area contributed by atoms with Crippen LogP contribution in [0.3, 0.4) is 0 Å². The van der Waals surface area contributed by atoms with Crippen LogP contribution in [0.5, 0.6) is 0 Å². The maximum absolute atomic E-state index is 12.6. The van der Waals surface area contributed by atoms with Crippen molar-refractivity contribution < 1.29 is 4.79 Å². The molecule has 110 valence electrons. The maximum Gasteiger partial charge on any atom is 0.253 e. The van der Waals surface area contributed by atoms with Crippen LogP contribution in [0.2, 0.25) is 0 Å². The zero-order valence-electron chi connectivity index (χ0n) is 13.4. The molecule has 0 bridgehead atoms. The first-order valence-corrected chi connectivity index (χ1v) is 7.37. The minimum atomic E-state index is 0.0216. The van der Waals surface area contributed by atoms with Crippen LogP contribution in [0.25, 0.3) is 0 Å². The number of aryl methyl sites for hydroxylation is 1. The second-order valence-electron chi connectivity index (χ2n) is 6.93. The molecule has 3 heteroatoms. The van der Waals surface area contributed by atoms with Gasteiger partial charge in [0.1, 0.15) is 0 Å². The summed E-state index contributed by atoms with van der Waals surface area (Å²) in [6.07, 6.45) is 0. The van der Waals surface area contributed by atoms with Crippen molar-refractivity contribution in [2.24, 2.45) is 10.8 Å². The number of carbonyl (C=O) groups excluding carboxylic acids is 1. The van der Waals surface area contributed by atoms with E-state index in [9.17, 15) is 4.79 Å². The second-order valence-corrected chi connectivity index (χ2v) is 6.93. The Morgan fingerprint density at radius 1 is 1.20 bits per heavy atom. The Hall–Kier alpha value is -1.51. The van der Waals surface area contributed by atoms with Gasteiger partial charge in [0.2, 0.25) is 0 Å². The Morgan fingerprint density at radius 2 is 1.80 bits per heavy atom. The molecular weight excluding hydrogens is 248 g/mol. The van der Waals surface area contributed by atoms with Gasteiger partial charge in [-0.2, -0.15) is 0 Å². The van der Waals surface area contributed by atoms with Crippen molar-refractivity contribution >= 4 is 11.6 Å². The van der Waals surface area contributed by atoms with E-state index in [2.05, 4.69) is 38.3 Å². The molecule has 0 aromatic heterocycles. The number of rotatable bonds is 4. The van der Waals surface area contributed by atoms with Crippen LogP contribution in [-0.4, -0.2) is 18.5 Å². The number of hydrogen-bond acceptors (Lipinski definition) is 2. The van der Waals surface area contributed by atoms with Crippen LogP contribution in [0.15, 0.2) is 18.2 Å². The van der Waals surface area contributed by atoms with Crippen molar-refractivity contribution in [2.75, 3.05) is 11.9 Å². The molecule has 1 amide bonds. The first-order valence-electron chi connectivity index (χ1n) is 7.37. The van der Waals surface area contributed by atoms with Crippen LogP contribution in [0.4, 0.5) is 5.69 Å². The van der Waals surface area contributed by atoms with Gasteiger partial charge in [-0.15, -0.1) is 0 Å². The summed E-state index contributed by atoms with van der Waals surface area (Å²) in [5.74, 6) is 0.0216. The predicted molar refractivity (Wildman–Crippen MR) is 84.2 cm³/mol. The molecular formula is C17H26N2O. The Kier molecular flexibility index (Phi) is 3.57. The number of benzene rings is 1. The average Bonchev–Trinajstić information content (AvgIpc) is 2.74. The molecule has 0 aliphatic heterocycles. The highest BCUT2D eigenvalue weighted by Crippen LogP contribution is 2.62. The molecule has 2 rings (SSSR count). The molecule has 0 radical (unpaired) electrons. The van der Waals surface area contributed by atoms with Crippen LogP contribution >= 0.6 is 0 Å². The van der Waals surface area contributed by atoms with Gasteiger partial charge in [-0.25, -0.2) is 0 Å². The zero-order chi connectivity index (χ0) is 15.1. The number of carbonyl (C=O) groups is 1. The van der Waals surface area contributed by atoms with Crippen LogP contribution in [-0.2, 0) is 0 Å². The number of amides is 1. The minimum Gasteiger partial charge on any atom is -0.385 e. The first-order chi connectivity index (χ1) is 9.21. The Bertz CT molecular complexity index is 518. The van der Waals surface area contributed by atoms with Gasteiger partial charge in [-0.3, -0.25) is 4.79 Å². The molecule has 1 aromatic carbocycles. The summed E-state index contributed by atoms with van der Waals surface area (Å²) >= 11 is 0. The van der Waals surface area contributed by atoms with Crippen molar-refractivity contribution in [1.29, 1.82) is 0 Å². The Morgan fingerprint density at radius 3 is 2.30 bits per heavy atom. The Balaban J connectivity index is 2.20. The Labute approximate surface area is 122 Å². The van der Waals surface area contributed by atoms with Gasteiger partial charge < -0.3 is 10.6 Å². The van der Waals surface area contributed by atoms with Crippen molar-refractivity contribution in [3.8, 4) is 0 Å². The third kappa shape index (κ3) is 2.30. The molecule has 1 aromatic rings. The van der Waals surface area contributed by atoms with Crippen LogP contribution < -0.4 is 10.6 Å². The van der Waals surface area contributed by atoms with Crippen LogP contribution in [0.1, 0.15) is 50.5 Å². The lowest BCUT2D eigenvalue weighted by Gasteiger charge is -2.13. The summed E-state index contributed by atoms with van der Waals surface area (Å²) in [6, 6.07) is 6.20. The van der Waals surface area contributed by atoms with E-state index in [4.69, 9.17) is 0 Å². The van der Waals surface area contributed by atoms with E-state index in [1.165, 1.54) is 0 Å². The SMILES string of the molecule is CCNc1ccc(C)cc1C(=O)NC1C(C)(C)C1(C)C. The molecule has 0 atom stereocenters. The number of anilines is 1. The normalized spacial score (nSPS) is 19.5. The van der Waals surface area contributed by atoms with E-state index in [0.717, 1.165) is 23.4 Å². The van der Waals surface area contributed by atoms with E-state index in [1.807, 2.05) is 32.0 Å². The van der Waals surface area contributed by atoms with Gasteiger partial charge >= 0.3 is 0 Å². The maximum atomic E-state index is 12.6. The van der Waals surface area contributed by atoms with E-state index in [0.29, 0.717) is 0 Å². The molecule has 1 saturated carbocycles. The fraction of sp³-hybridized carbons (Fsp3) is 0.588. The highest BCUT2D eigenvalue weighted by molar-refractivity contribution is 6.00. The van der Waals surface area contributed by atoms with Crippen molar-refractivity contribution in [3.05, 3.63) is 29.3 Å². The molecule has 0 saturated heterocycles. The van der Waals surface area contributed by atoms with Crippen molar-refractivity contribution in [3.63, 3.8) is 0 Å². The third-order valence-electron chi connectivity index (χ3n) is 5.08. The molecule has 1 aliphatic carbocycles. The zero-order valence-corrected chi connectivity index (χ0v) is 13.4.